The first-order valence-electron chi connectivity index (χ1n) is 7.29. The molecular formula is C15H15ClFN3O3S. The summed E-state index contributed by atoms with van der Waals surface area (Å²) in [5.41, 5.74) is 0.102. The SMILES string of the molecule is CCN1CCn2cc(S(=O)(=O)Nc3ccc(Cl)cc3F)cc2C1=O. The van der Waals surface area contributed by atoms with Gasteiger partial charge in [0.2, 0.25) is 0 Å². The van der Waals surface area contributed by atoms with E-state index in [2.05, 4.69) is 4.72 Å². The molecule has 24 heavy (non-hydrogen) atoms. The molecule has 1 aliphatic rings. The number of nitrogens with zero attached hydrogens (tertiary/aromatic N) is 2. The molecule has 1 amide bonds. The summed E-state index contributed by atoms with van der Waals surface area (Å²) in [5, 5.41) is 0.167. The number of amides is 1. The predicted octanol–water partition coefficient (Wildman–Crippen LogP) is 2.56. The number of aromatic nitrogens is 1. The number of halogens is 2. The zero-order valence-electron chi connectivity index (χ0n) is 12.8. The Labute approximate surface area is 143 Å². The zero-order chi connectivity index (χ0) is 17.5. The van der Waals surface area contributed by atoms with Crippen LogP contribution in [0.15, 0.2) is 35.4 Å². The highest BCUT2D eigenvalue weighted by Gasteiger charge is 2.28. The van der Waals surface area contributed by atoms with Gasteiger partial charge in [-0.15, -0.1) is 0 Å². The molecule has 2 heterocycles. The summed E-state index contributed by atoms with van der Waals surface area (Å²) >= 11 is 5.65. The lowest BCUT2D eigenvalue weighted by atomic mass is 10.3. The Bertz CT molecular complexity index is 911. The summed E-state index contributed by atoms with van der Waals surface area (Å²) in [6.07, 6.45) is 1.39. The fourth-order valence-corrected chi connectivity index (χ4v) is 3.83. The number of fused-ring (bicyclic) bond motifs is 1. The number of carbonyl (C=O) groups excluding carboxylic acids is 1. The van der Waals surface area contributed by atoms with Crippen LogP contribution < -0.4 is 4.72 Å². The molecule has 9 heteroatoms. The number of carbonyl (C=O) groups is 1. The lowest BCUT2D eigenvalue weighted by Crippen LogP contribution is -2.39. The average Bonchev–Trinajstić information content (AvgIpc) is 2.96. The van der Waals surface area contributed by atoms with Gasteiger partial charge in [-0.3, -0.25) is 9.52 Å². The van der Waals surface area contributed by atoms with Gasteiger partial charge in [0.25, 0.3) is 15.9 Å². The van der Waals surface area contributed by atoms with Gasteiger partial charge in [-0.25, -0.2) is 12.8 Å². The van der Waals surface area contributed by atoms with Crippen molar-refractivity contribution in [3.63, 3.8) is 0 Å². The van der Waals surface area contributed by atoms with Gasteiger partial charge in [0, 0.05) is 30.9 Å². The lowest BCUT2D eigenvalue weighted by molar-refractivity contribution is 0.0715. The van der Waals surface area contributed by atoms with E-state index in [1.165, 1.54) is 24.4 Å². The molecule has 0 saturated carbocycles. The molecule has 128 valence electrons. The number of nitrogens with one attached hydrogen (secondary N) is 1. The van der Waals surface area contributed by atoms with E-state index in [9.17, 15) is 17.6 Å². The molecule has 2 aromatic rings. The van der Waals surface area contributed by atoms with Crippen molar-refractivity contribution in [1.29, 1.82) is 0 Å². The molecular weight excluding hydrogens is 357 g/mol. The highest BCUT2D eigenvalue weighted by molar-refractivity contribution is 7.92. The van der Waals surface area contributed by atoms with E-state index in [1.54, 1.807) is 9.47 Å². The largest absolute Gasteiger partial charge is 0.340 e. The molecule has 1 aromatic heterocycles. The van der Waals surface area contributed by atoms with Crippen LogP contribution in [0.5, 0.6) is 0 Å². The van der Waals surface area contributed by atoms with Gasteiger partial charge >= 0.3 is 0 Å². The number of hydrogen-bond donors (Lipinski definition) is 1. The van der Waals surface area contributed by atoms with Crippen LogP contribution in [0.4, 0.5) is 10.1 Å². The number of sulfonamides is 1. The van der Waals surface area contributed by atoms with Crippen molar-refractivity contribution < 1.29 is 17.6 Å². The minimum absolute atomic E-state index is 0.0850. The van der Waals surface area contributed by atoms with Gasteiger partial charge in [0.05, 0.1) is 5.69 Å². The maximum absolute atomic E-state index is 13.8. The predicted molar refractivity (Wildman–Crippen MR) is 88.2 cm³/mol. The molecule has 0 fully saturated rings. The second-order valence-electron chi connectivity index (χ2n) is 5.37. The Hall–Kier alpha value is -2.06. The molecule has 0 spiro atoms. The highest BCUT2D eigenvalue weighted by Crippen LogP contribution is 2.24. The van der Waals surface area contributed by atoms with Gasteiger partial charge in [0.15, 0.2) is 0 Å². The molecule has 6 nitrogen and oxygen atoms in total. The number of hydrogen-bond acceptors (Lipinski definition) is 3. The summed E-state index contributed by atoms with van der Waals surface area (Å²) in [5.74, 6) is -0.994. The smallest absolute Gasteiger partial charge is 0.270 e. The van der Waals surface area contributed by atoms with Gasteiger partial charge in [-0.1, -0.05) is 11.6 Å². The van der Waals surface area contributed by atoms with Crippen LogP contribution in [0, 0.1) is 5.82 Å². The van der Waals surface area contributed by atoms with Crippen molar-refractivity contribution >= 4 is 33.2 Å². The maximum Gasteiger partial charge on any atom is 0.270 e. The van der Waals surface area contributed by atoms with Crippen molar-refractivity contribution in [2.24, 2.45) is 0 Å². The fraction of sp³-hybridized carbons (Fsp3) is 0.267. The molecule has 3 rings (SSSR count). The molecule has 0 aliphatic carbocycles. The quantitative estimate of drug-likeness (QED) is 0.897. The van der Waals surface area contributed by atoms with Crippen LogP contribution >= 0.6 is 11.6 Å². The van der Waals surface area contributed by atoms with E-state index in [1.807, 2.05) is 6.92 Å². The third-order valence-corrected chi connectivity index (χ3v) is 5.42. The lowest BCUT2D eigenvalue weighted by Gasteiger charge is -2.26. The summed E-state index contributed by atoms with van der Waals surface area (Å²) in [6.45, 7) is 3.45. The van der Waals surface area contributed by atoms with Crippen LogP contribution in [0.3, 0.4) is 0 Å². The van der Waals surface area contributed by atoms with E-state index >= 15 is 0 Å². The van der Waals surface area contributed by atoms with Crippen LogP contribution in [0.25, 0.3) is 0 Å². The molecule has 0 unspecified atom stereocenters. The van der Waals surface area contributed by atoms with Gasteiger partial charge in [-0.05, 0) is 31.2 Å². The third kappa shape index (κ3) is 2.99. The van der Waals surface area contributed by atoms with E-state index in [4.69, 9.17) is 11.6 Å². The van der Waals surface area contributed by atoms with Crippen LogP contribution in [-0.2, 0) is 16.6 Å². The minimum Gasteiger partial charge on any atom is -0.340 e. The van der Waals surface area contributed by atoms with Crippen molar-refractivity contribution in [1.82, 2.24) is 9.47 Å². The topological polar surface area (TPSA) is 71.4 Å². The summed E-state index contributed by atoms with van der Waals surface area (Å²) < 4.78 is 42.5. The second-order valence-corrected chi connectivity index (χ2v) is 7.49. The Morgan fingerprint density at radius 2 is 2.04 bits per heavy atom. The van der Waals surface area contributed by atoms with Crippen LogP contribution in [0.2, 0.25) is 5.02 Å². The van der Waals surface area contributed by atoms with Crippen LogP contribution in [-0.4, -0.2) is 36.9 Å². The molecule has 1 N–H and O–H groups in total. The number of benzene rings is 1. The Balaban J connectivity index is 1.93. The summed E-state index contributed by atoms with van der Waals surface area (Å²) in [4.78, 5) is 13.8. The molecule has 0 radical (unpaired) electrons. The van der Waals surface area contributed by atoms with Gasteiger partial charge in [-0.2, -0.15) is 0 Å². The van der Waals surface area contributed by atoms with E-state index in [0.29, 0.717) is 25.3 Å². The van der Waals surface area contributed by atoms with E-state index in [0.717, 1.165) is 6.07 Å². The highest BCUT2D eigenvalue weighted by atomic mass is 35.5. The van der Waals surface area contributed by atoms with Gasteiger partial charge in [0.1, 0.15) is 16.4 Å². The molecule has 1 aromatic carbocycles. The summed E-state index contributed by atoms with van der Waals surface area (Å²) in [6, 6.07) is 4.96. The number of anilines is 1. The number of rotatable bonds is 4. The first kappa shape index (κ1) is 16.8. The van der Waals surface area contributed by atoms with Crippen LogP contribution in [0.1, 0.15) is 17.4 Å². The monoisotopic (exact) mass is 371 g/mol. The van der Waals surface area contributed by atoms with Gasteiger partial charge < -0.3 is 9.47 Å². The molecule has 0 bridgehead atoms. The molecule has 0 saturated heterocycles. The van der Waals surface area contributed by atoms with E-state index in [-0.39, 0.29) is 21.5 Å². The standard InChI is InChI=1S/C15H15ClFN3O3S/c1-2-19-5-6-20-9-11(8-14(20)15(19)21)24(22,23)18-13-4-3-10(16)7-12(13)17/h3-4,7-9,18H,2,5-6H2,1H3. The van der Waals surface area contributed by atoms with Crippen molar-refractivity contribution in [3.05, 3.63) is 47.0 Å². The Morgan fingerprint density at radius 1 is 1.29 bits per heavy atom. The number of likely N-dealkylation sites (N-methyl/N-ethyl adjacent to an activating group) is 1. The average molecular weight is 372 g/mol. The van der Waals surface area contributed by atoms with E-state index < -0.39 is 15.8 Å². The fourth-order valence-electron chi connectivity index (χ4n) is 2.56. The van der Waals surface area contributed by atoms with Crippen molar-refractivity contribution in [2.45, 2.75) is 18.4 Å². The Morgan fingerprint density at radius 3 is 2.71 bits per heavy atom. The normalized spacial score (nSPS) is 14.6. The van der Waals surface area contributed by atoms with Crippen molar-refractivity contribution in [3.8, 4) is 0 Å². The minimum atomic E-state index is -4.02. The maximum atomic E-state index is 13.8. The third-order valence-electron chi connectivity index (χ3n) is 3.86. The first-order valence-corrected chi connectivity index (χ1v) is 9.15. The second kappa shape index (κ2) is 6.10. The molecule has 1 aliphatic heterocycles. The first-order chi connectivity index (χ1) is 11.3. The zero-order valence-corrected chi connectivity index (χ0v) is 14.4. The van der Waals surface area contributed by atoms with Crippen molar-refractivity contribution in [2.75, 3.05) is 17.8 Å². The Kier molecular flexibility index (Phi) is 4.27. The molecule has 0 atom stereocenters. The summed E-state index contributed by atoms with van der Waals surface area (Å²) in [7, 11) is -4.02.